The molecule has 1 aliphatic rings. The largest absolute Gasteiger partial charge is 0.506 e. The van der Waals surface area contributed by atoms with E-state index in [1.807, 2.05) is 12.1 Å². The molecule has 5 heteroatoms. The summed E-state index contributed by atoms with van der Waals surface area (Å²) in [7, 11) is 0. The molecule has 0 aliphatic carbocycles. The number of aromatic nitrogens is 1. The average molecular weight is 258 g/mol. The third kappa shape index (κ3) is 1.54. The van der Waals surface area contributed by atoms with Crippen molar-refractivity contribution in [2.75, 3.05) is 0 Å². The second-order valence-electron chi connectivity index (χ2n) is 4.78. The molecule has 0 spiro atoms. The Labute approximate surface area is 109 Å². The van der Waals surface area contributed by atoms with Gasteiger partial charge in [0.1, 0.15) is 11.3 Å². The van der Waals surface area contributed by atoms with E-state index in [2.05, 4.69) is 5.16 Å². The smallest absolute Gasteiger partial charge is 0.264 e. The van der Waals surface area contributed by atoms with Gasteiger partial charge in [-0.05, 0) is 31.4 Å². The SMILES string of the molecule is C/C(=N\O)c1c(O)c2cccc3c2n(c1=O)CCC3. The standard InChI is InChI=1S/C14H14N2O3/c1-8(15-19)11-13(17)10-6-2-4-9-5-3-7-16(12(9)10)14(11)18/h2,4,6,17,19H,3,5,7H2,1H3/b15-8+. The first-order valence-electron chi connectivity index (χ1n) is 6.21. The number of hydrogen-bond donors (Lipinski definition) is 2. The summed E-state index contributed by atoms with van der Waals surface area (Å²) in [6.45, 7) is 2.13. The molecule has 0 atom stereocenters. The number of aryl methyl sites for hydroxylation is 2. The van der Waals surface area contributed by atoms with Gasteiger partial charge in [-0.3, -0.25) is 4.79 Å². The van der Waals surface area contributed by atoms with E-state index >= 15 is 0 Å². The highest BCUT2D eigenvalue weighted by atomic mass is 16.4. The van der Waals surface area contributed by atoms with E-state index in [1.165, 1.54) is 6.92 Å². The number of para-hydroxylation sites is 1. The molecular formula is C14H14N2O3. The Bertz CT molecular complexity index is 759. The zero-order valence-electron chi connectivity index (χ0n) is 10.6. The molecule has 0 saturated carbocycles. The molecule has 2 N–H and O–H groups in total. The van der Waals surface area contributed by atoms with Gasteiger partial charge in [0.25, 0.3) is 5.56 Å². The van der Waals surface area contributed by atoms with E-state index < -0.39 is 0 Å². The van der Waals surface area contributed by atoms with Crippen molar-refractivity contribution in [2.24, 2.45) is 5.16 Å². The maximum absolute atomic E-state index is 12.4. The van der Waals surface area contributed by atoms with Crippen LogP contribution in [0.25, 0.3) is 10.9 Å². The third-order valence-electron chi connectivity index (χ3n) is 3.68. The van der Waals surface area contributed by atoms with Crippen molar-refractivity contribution in [3.05, 3.63) is 39.7 Å². The van der Waals surface area contributed by atoms with E-state index in [-0.39, 0.29) is 22.6 Å². The second kappa shape index (κ2) is 4.12. The first-order valence-corrected chi connectivity index (χ1v) is 6.21. The number of benzene rings is 1. The van der Waals surface area contributed by atoms with Gasteiger partial charge in [-0.15, -0.1) is 0 Å². The predicted octanol–water partition coefficient (Wildman–Crippen LogP) is 1.85. The monoisotopic (exact) mass is 258 g/mol. The molecule has 1 aromatic heterocycles. The highest BCUT2D eigenvalue weighted by molar-refractivity contribution is 6.05. The number of hydrogen-bond acceptors (Lipinski definition) is 4. The molecule has 0 bridgehead atoms. The van der Waals surface area contributed by atoms with E-state index in [0.29, 0.717) is 11.9 Å². The van der Waals surface area contributed by atoms with E-state index in [4.69, 9.17) is 5.21 Å². The van der Waals surface area contributed by atoms with Crippen LogP contribution in [-0.2, 0) is 13.0 Å². The van der Waals surface area contributed by atoms with Gasteiger partial charge in [-0.1, -0.05) is 17.3 Å². The Morgan fingerprint density at radius 1 is 1.42 bits per heavy atom. The molecule has 2 heterocycles. The Morgan fingerprint density at radius 3 is 2.95 bits per heavy atom. The van der Waals surface area contributed by atoms with Crippen LogP contribution in [0, 0.1) is 0 Å². The van der Waals surface area contributed by atoms with Gasteiger partial charge in [0, 0.05) is 11.9 Å². The first-order chi connectivity index (χ1) is 9.15. The van der Waals surface area contributed by atoms with Crippen LogP contribution in [0.1, 0.15) is 24.5 Å². The maximum Gasteiger partial charge on any atom is 0.264 e. The quantitative estimate of drug-likeness (QED) is 0.465. The lowest BCUT2D eigenvalue weighted by molar-refractivity contribution is 0.318. The number of pyridine rings is 1. The van der Waals surface area contributed by atoms with Crippen LogP contribution in [0.2, 0.25) is 0 Å². The Balaban J connectivity index is 2.54. The van der Waals surface area contributed by atoms with Gasteiger partial charge in [-0.25, -0.2) is 0 Å². The Kier molecular flexibility index (Phi) is 2.55. The summed E-state index contributed by atoms with van der Waals surface area (Å²) >= 11 is 0. The molecule has 98 valence electrons. The van der Waals surface area contributed by atoms with Gasteiger partial charge < -0.3 is 14.9 Å². The number of rotatable bonds is 1. The van der Waals surface area contributed by atoms with Gasteiger partial charge >= 0.3 is 0 Å². The fourth-order valence-corrected chi connectivity index (χ4v) is 2.79. The summed E-state index contributed by atoms with van der Waals surface area (Å²) in [6, 6.07) is 5.62. The lowest BCUT2D eigenvalue weighted by Crippen LogP contribution is -2.29. The molecule has 3 rings (SSSR count). The van der Waals surface area contributed by atoms with E-state index in [1.54, 1.807) is 10.6 Å². The molecular weight excluding hydrogens is 244 g/mol. The van der Waals surface area contributed by atoms with Crippen molar-refractivity contribution in [2.45, 2.75) is 26.3 Å². The topological polar surface area (TPSA) is 74.8 Å². The molecule has 1 aliphatic heterocycles. The first kappa shape index (κ1) is 11.8. The van der Waals surface area contributed by atoms with Crippen LogP contribution in [0.3, 0.4) is 0 Å². The lowest BCUT2D eigenvalue weighted by atomic mass is 9.98. The van der Waals surface area contributed by atoms with Crippen molar-refractivity contribution in [3.63, 3.8) is 0 Å². The molecule has 0 fully saturated rings. The van der Waals surface area contributed by atoms with Crippen LogP contribution in [0.5, 0.6) is 5.75 Å². The van der Waals surface area contributed by atoms with E-state index in [9.17, 15) is 9.90 Å². The zero-order chi connectivity index (χ0) is 13.6. The Hall–Kier alpha value is -2.30. The molecule has 0 amide bonds. The van der Waals surface area contributed by atoms with E-state index in [0.717, 1.165) is 23.9 Å². The minimum atomic E-state index is -0.299. The van der Waals surface area contributed by atoms with Crippen molar-refractivity contribution < 1.29 is 10.3 Å². The van der Waals surface area contributed by atoms with Gasteiger partial charge in [-0.2, -0.15) is 0 Å². The van der Waals surface area contributed by atoms with Crippen LogP contribution in [0.4, 0.5) is 0 Å². The second-order valence-corrected chi connectivity index (χ2v) is 4.78. The Morgan fingerprint density at radius 2 is 2.21 bits per heavy atom. The normalized spacial score (nSPS) is 14.9. The lowest BCUT2D eigenvalue weighted by Gasteiger charge is -2.21. The fraction of sp³-hybridized carbons (Fsp3) is 0.286. The van der Waals surface area contributed by atoms with Crippen molar-refractivity contribution >= 4 is 16.6 Å². The van der Waals surface area contributed by atoms with Crippen molar-refractivity contribution in [3.8, 4) is 5.75 Å². The van der Waals surface area contributed by atoms with Crippen LogP contribution in [-0.4, -0.2) is 20.6 Å². The van der Waals surface area contributed by atoms with Crippen molar-refractivity contribution in [1.82, 2.24) is 4.57 Å². The van der Waals surface area contributed by atoms with Crippen LogP contribution in [0.15, 0.2) is 28.1 Å². The molecule has 0 unspecified atom stereocenters. The van der Waals surface area contributed by atoms with Gasteiger partial charge in [0.15, 0.2) is 0 Å². The third-order valence-corrected chi connectivity index (χ3v) is 3.68. The number of oxime groups is 1. The minimum absolute atomic E-state index is 0.0778. The summed E-state index contributed by atoms with van der Waals surface area (Å²) in [6.07, 6.45) is 1.80. The molecule has 0 radical (unpaired) electrons. The molecule has 5 nitrogen and oxygen atoms in total. The van der Waals surface area contributed by atoms with Gasteiger partial charge in [0.2, 0.25) is 0 Å². The number of nitrogens with zero attached hydrogens (tertiary/aromatic N) is 2. The average Bonchev–Trinajstić information content (AvgIpc) is 2.44. The molecule has 2 aromatic rings. The summed E-state index contributed by atoms with van der Waals surface area (Å²) in [5, 5.41) is 22.8. The summed E-state index contributed by atoms with van der Waals surface area (Å²) in [4.78, 5) is 12.4. The van der Waals surface area contributed by atoms with Crippen LogP contribution < -0.4 is 5.56 Å². The predicted molar refractivity (Wildman–Crippen MR) is 72.2 cm³/mol. The highest BCUT2D eigenvalue weighted by Crippen LogP contribution is 2.31. The summed E-state index contributed by atoms with van der Waals surface area (Å²) in [5.74, 6) is -0.102. The van der Waals surface area contributed by atoms with Gasteiger partial charge in [0.05, 0.1) is 11.2 Å². The number of aromatic hydroxyl groups is 1. The molecule has 0 saturated heterocycles. The minimum Gasteiger partial charge on any atom is -0.506 e. The maximum atomic E-state index is 12.4. The summed E-state index contributed by atoms with van der Waals surface area (Å²) in [5.41, 5.74) is 1.78. The molecule has 19 heavy (non-hydrogen) atoms. The molecule has 1 aromatic carbocycles. The van der Waals surface area contributed by atoms with Crippen molar-refractivity contribution in [1.29, 1.82) is 0 Å². The van der Waals surface area contributed by atoms with Crippen LogP contribution >= 0.6 is 0 Å². The summed E-state index contributed by atoms with van der Waals surface area (Å²) < 4.78 is 1.66. The highest BCUT2D eigenvalue weighted by Gasteiger charge is 2.22. The fourth-order valence-electron chi connectivity index (χ4n) is 2.79. The zero-order valence-corrected chi connectivity index (χ0v) is 10.6.